The van der Waals surface area contributed by atoms with E-state index in [1.807, 2.05) is 31.2 Å². The van der Waals surface area contributed by atoms with E-state index in [1.165, 1.54) is 12.1 Å². The number of aryl methyl sites for hydroxylation is 1. The van der Waals surface area contributed by atoms with E-state index < -0.39 is 9.84 Å². The maximum absolute atomic E-state index is 13.5. The first-order valence-electron chi connectivity index (χ1n) is 9.95. The number of anilines is 1. The van der Waals surface area contributed by atoms with Crippen LogP contribution in [-0.2, 0) is 14.6 Å². The molecule has 0 unspecified atom stereocenters. The van der Waals surface area contributed by atoms with Crippen LogP contribution in [0.1, 0.15) is 12.0 Å². The molecule has 0 amide bonds. The molecule has 4 rings (SSSR count). The molecule has 164 valence electrons. The molecule has 1 aromatic heterocycles. The largest absolute Gasteiger partial charge is 0.486 e. The molecule has 1 aliphatic heterocycles. The van der Waals surface area contributed by atoms with Crippen molar-refractivity contribution in [1.29, 1.82) is 0 Å². The van der Waals surface area contributed by atoms with Gasteiger partial charge < -0.3 is 23.9 Å². The monoisotopic (exact) mass is 444 g/mol. The van der Waals surface area contributed by atoms with Crippen LogP contribution in [0.25, 0.3) is 11.5 Å². The Morgan fingerprint density at radius 2 is 1.87 bits per heavy atom. The van der Waals surface area contributed by atoms with Gasteiger partial charge in [-0.05, 0) is 37.1 Å². The van der Waals surface area contributed by atoms with Gasteiger partial charge in [0.2, 0.25) is 26.6 Å². The summed E-state index contributed by atoms with van der Waals surface area (Å²) in [6, 6.07) is 12.1. The number of oxazole rings is 1. The number of methoxy groups -OCH3 is 1. The molecule has 0 fully saturated rings. The van der Waals surface area contributed by atoms with Gasteiger partial charge in [-0.25, -0.2) is 8.42 Å². The van der Waals surface area contributed by atoms with Crippen LogP contribution in [0.4, 0.5) is 5.88 Å². The lowest BCUT2D eigenvalue weighted by Crippen LogP contribution is -2.16. The summed E-state index contributed by atoms with van der Waals surface area (Å²) in [7, 11) is -2.37. The summed E-state index contributed by atoms with van der Waals surface area (Å²) in [6.07, 6.45) is 0.681. The van der Waals surface area contributed by atoms with Crippen molar-refractivity contribution in [2.45, 2.75) is 23.3 Å². The highest BCUT2D eigenvalue weighted by molar-refractivity contribution is 7.91. The zero-order chi connectivity index (χ0) is 21.8. The number of rotatable bonds is 8. The minimum absolute atomic E-state index is 0.0568. The standard InChI is InChI=1S/C22H24N2O6S/c1-15-6-3-4-7-17(15)20-24-22(21(30-20)23-10-5-11-27-2)31(25,26)16-8-9-18-19(14-16)29-13-12-28-18/h3-4,6-9,14,23H,5,10-13H2,1-2H3. The molecule has 0 saturated carbocycles. The van der Waals surface area contributed by atoms with Gasteiger partial charge in [-0.3, -0.25) is 0 Å². The second-order valence-corrected chi connectivity index (χ2v) is 8.92. The summed E-state index contributed by atoms with van der Waals surface area (Å²) in [5.41, 5.74) is 1.66. The molecule has 0 spiro atoms. The zero-order valence-electron chi connectivity index (χ0n) is 17.4. The number of nitrogens with one attached hydrogen (secondary N) is 1. The molecule has 2 aromatic carbocycles. The van der Waals surface area contributed by atoms with Crippen molar-refractivity contribution in [3.05, 3.63) is 48.0 Å². The highest BCUT2D eigenvalue weighted by atomic mass is 32.2. The molecule has 3 aromatic rings. The van der Waals surface area contributed by atoms with Gasteiger partial charge in [0.15, 0.2) is 11.5 Å². The van der Waals surface area contributed by atoms with E-state index in [1.54, 1.807) is 13.2 Å². The predicted molar refractivity (Wildman–Crippen MR) is 115 cm³/mol. The summed E-state index contributed by atoms with van der Waals surface area (Å²) in [6.45, 7) is 3.72. The minimum Gasteiger partial charge on any atom is -0.486 e. The van der Waals surface area contributed by atoms with Gasteiger partial charge in [0.1, 0.15) is 13.2 Å². The molecule has 2 heterocycles. The molecule has 31 heavy (non-hydrogen) atoms. The third-order valence-corrected chi connectivity index (χ3v) is 6.52. The Bertz CT molecular complexity index is 1170. The molecule has 9 heteroatoms. The van der Waals surface area contributed by atoms with Crippen LogP contribution in [0.15, 0.2) is 56.8 Å². The Hall–Kier alpha value is -3.04. The highest BCUT2D eigenvalue weighted by Gasteiger charge is 2.30. The molecule has 0 atom stereocenters. The van der Waals surface area contributed by atoms with Crippen molar-refractivity contribution in [3.8, 4) is 23.0 Å². The van der Waals surface area contributed by atoms with E-state index in [4.69, 9.17) is 18.6 Å². The first kappa shape index (κ1) is 21.2. The molecule has 8 nitrogen and oxygen atoms in total. The van der Waals surface area contributed by atoms with Gasteiger partial charge in [0.25, 0.3) is 0 Å². The molecule has 1 aliphatic rings. The third kappa shape index (κ3) is 4.38. The van der Waals surface area contributed by atoms with Gasteiger partial charge in [-0.15, -0.1) is 0 Å². The summed E-state index contributed by atoms with van der Waals surface area (Å²) in [4.78, 5) is 4.44. The van der Waals surface area contributed by atoms with E-state index in [0.717, 1.165) is 11.1 Å². The van der Waals surface area contributed by atoms with Crippen molar-refractivity contribution >= 4 is 15.7 Å². The molecular weight excluding hydrogens is 420 g/mol. The lowest BCUT2D eigenvalue weighted by atomic mass is 10.1. The maximum Gasteiger partial charge on any atom is 0.233 e. The van der Waals surface area contributed by atoms with Gasteiger partial charge in [0.05, 0.1) is 4.90 Å². The van der Waals surface area contributed by atoms with Crippen molar-refractivity contribution in [2.24, 2.45) is 0 Å². The van der Waals surface area contributed by atoms with E-state index in [2.05, 4.69) is 10.3 Å². The number of hydrogen-bond donors (Lipinski definition) is 1. The number of benzene rings is 2. The van der Waals surface area contributed by atoms with Crippen molar-refractivity contribution in [1.82, 2.24) is 4.98 Å². The van der Waals surface area contributed by atoms with Gasteiger partial charge >= 0.3 is 0 Å². The van der Waals surface area contributed by atoms with Crippen LogP contribution in [-0.4, -0.2) is 46.9 Å². The fourth-order valence-corrected chi connectivity index (χ4v) is 4.54. The van der Waals surface area contributed by atoms with Crippen LogP contribution in [0, 0.1) is 6.92 Å². The molecule has 0 saturated heterocycles. The number of ether oxygens (including phenoxy) is 3. The Morgan fingerprint density at radius 1 is 1.10 bits per heavy atom. The lowest BCUT2D eigenvalue weighted by molar-refractivity contribution is 0.171. The number of nitrogens with zero attached hydrogens (tertiary/aromatic N) is 1. The fourth-order valence-electron chi connectivity index (χ4n) is 3.25. The summed E-state index contributed by atoms with van der Waals surface area (Å²) >= 11 is 0. The van der Waals surface area contributed by atoms with Crippen LogP contribution >= 0.6 is 0 Å². The van der Waals surface area contributed by atoms with Crippen molar-refractivity contribution < 1.29 is 27.0 Å². The van der Waals surface area contributed by atoms with Crippen LogP contribution in [0.2, 0.25) is 0 Å². The number of fused-ring (bicyclic) bond motifs is 1. The van der Waals surface area contributed by atoms with Crippen LogP contribution < -0.4 is 14.8 Å². The summed E-state index contributed by atoms with van der Waals surface area (Å²) < 4.78 is 48.9. The van der Waals surface area contributed by atoms with Gasteiger partial charge in [-0.2, -0.15) is 4.98 Å². The van der Waals surface area contributed by atoms with Crippen LogP contribution in [0.3, 0.4) is 0 Å². The SMILES string of the molecule is COCCCNc1oc(-c2ccccc2C)nc1S(=O)(=O)c1ccc2c(c1)OCCO2. The van der Waals surface area contributed by atoms with Crippen LogP contribution in [0.5, 0.6) is 11.5 Å². The quantitative estimate of drug-likeness (QED) is 0.525. The van der Waals surface area contributed by atoms with Crippen molar-refractivity contribution in [3.63, 3.8) is 0 Å². The number of aromatic nitrogens is 1. The molecule has 1 N–H and O–H groups in total. The second kappa shape index (κ2) is 8.99. The Balaban J connectivity index is 1.75. The van der Waals surface area contributed by atoms with Crippen molar-refractivity contribution in [2.75, 3.05) is 38.8 Å². The first-order chi connectivity index (χ1) is 15.0. The second-order valence-electron chi connectivity index (χ2n) is 7.05. The topological polar surface area (TPSA) is 99.9 Å². The maximum atomic E-state index is 13.5. The fraction of sp³-hybridized carbons (Fsp3) is 0.318. The highest BCUT2D eigenvalue weighted by Crippen LogP contribution is 2.37. The minimum atomic E-state index is -3.98. The Kier molecular flexibility index (Phi) is 6.15. The normalized spacial score (nSPS) is 13.2. The van der Waals surface area contributed by atoms with E-state index in [0.29, 0.717) is 44.3 Å². The summed E-state index contributed by atoms with van der Waals surface area (Å²) in [5.74, 6) is 1.25. The number of sulfone groups is 1. The summed E-state index contributed by atoms with van der Waals surface area (Å²) in [5, 5.41) is 2.88. The molecular formula is C22H24N2O6S. The zero-order valence-corrected chi connectivity index (χ0v) is 18.2. The molecule has 0 bridgehead atoms. The smallest absolute Gasteiger partial charge is 0.233 e. The molecule has 0 radical (unpaired) electrons. The average Bonchev–Trinajstić information content (AvgIpc) is 3.21. The lowest BCUT2D eigenvalue weighted by Gasteiger charge is -2.18. The predicted octanol–water partition coefficient (Wildman–Crippen LogP) is 3.70. The van der Waals surface area contributed by atoms with Gasteiger partial charge in [0, 0.05) is 31.9 Å². The van der Waals surface area contributed by atoms with E-state index in [9.17, 15) is 8.42 Å². The van der Waals surface area contributed by atoms with E-state index >= 15 is 0 Å². The van der Waals surface area contributed by atoms with Gasteiger partial charge in [-0.1, -0.05) is 18.2 Å². The average molecular weight is 445 g/mol. The Labute approximate surface area is 181 Å². The van der Waals surface area contributed by atoms with E-state index in [-0.39, 0.29) is 21.7 Å². The molecule has 0 aliphatic carbocycles. The number of hydrogen-bond acceptors (Lipinski definition) is 8. The first-order valence-corrected chi connectivity index (χ1v) is 11.4. The Morgan fingerprint density at radius 3 is 2.65 bits per heavy atom. The third-order valence-electron chi connectivity index (χ3n) is 4.86.